The maximum Gasteiger partial charge on any atom is 0.339 e. The van der Waals surface area contributed by atoms with E-state index in [1.807, 2.05) is 60.4 Å². The van der Waals surface area contributed by atoms with Crippen molar-refractivity contribution in [3.63, 3.8) is 0 Å². The summed E-state index contributed by atoms with van der Waals surface area (Å²) in [5, 5.41) is 2.01. The van der Waals surface area contributed by atoms with Crippen molar-refractivity contribution in [1.29, 1.82) is 0 Å². The Bertz CT molecular complexity index is 1180. The van der Waals surface area contributed by atoms with E-state index in [1.54, 1.807) is 23.1 Å². The summed E-state index contributed by atoms with van der Waals surface area (Å²) in [7, 11) is 0. The van der Waals surface area contributed by atoms with Crippen molar-refractivity contribution in [2.24, 2.45) is 0 Å². The van der Waals surface area contributed by atoms with E-state index in [0.29, 0.717) is 17.0 Å². The molecule has 1 aliphatic rings. The van der Waals surface area contributed by atoms with E-state index < -0.39 is 5.97 Å². The number of amides is 2. The smallest absolute Gasteiger partial charge is 0.339 e. The van der Waals surface area contributed by atoms with Crippen LogP contribution in [0, 0.1) is 0 Å². The molecule has 4 rings (SSSR count). The van der Waals surface area contributed by atoms with Gasteiger partial charge in [-0.3, -0.25) is 9.59 Å². The summed E-state index contributed by atoms with van der Waals surface area (Å²) in [6, 6.07) is 20.7. The van der Waals surface area contributed by atoms with E-state index in [4.69, 9.17) is 4.74 Å². The van der Waals surface area contributed by atoms with Crippen molar-refractivity contribution >= 4 is 46.0 Å². The molecule has 0 unspecified atom stereocenters. The third-order valence-electron chi connectivity index (χ3n) is 5.92. The van der Waals surface area contributed by atoms with Gasteiger partial charge in [-0.2, -0.15) is 0 Å². The maximum atomic E-state index is 13.0. The molecule has 2 amide bonds. The van der Waals surface area contributed by atoms with Crippen molar-refractivity contribution < 1.29 is 19.1 Å². The SMILES string of the molecule is CCN(C(=O)COC(=O)c1ccccc1SCC(=O)N1CCCC1)c1cccc2ccccc12. The lowest BCUT2D eigenvalue weighted by atomic mass is 10.1. The molecule has 0 aromatic heterocycles. The van der Waals surface area contributed by atoms with Gasteiger partial charge in [0.15, 0.2) is 6.61 Å². The Balaban J connectivity index is 1.41. The molecule has 0 saturated carbocycles. The molecule has 3 aromatic rings. The van der Waals surface area contributed by atoms with Crippen LogP contribution in [-0.4, -0.2) is 54.7 Å². The van der Waals surface area contributed by atoms with Crippen LogP contribution in [0.4, 0.5) is 5.69 Å². The third kappa shape index (κ3) is 5.42. The fourth-order valence-electron chi connectivity index (χ4n) is 4.17. The van der Waals surface area contributed by atoms with Crippen LogP contribution < -0.4 is 4.90 Å². The monoisotopic (exact) mass is 476 g/mol. The number of carbonyl (C=O) groups is 3. The molecule has 0 radical (unpaired) electrons. The first-order chi connectivity index (χ1) is 16.6. The number of likely N-dealkylation sites (N-methyl/N-ethyl adjacent to an activating group) is 1. The van der Waals surface area contributed by atoms with Gasteiger partial charge in [0, 0.05) is 29.9 Å². The van der Waals surface area contributed by atoms with Crippen LogP contribution in [0.25, 0.3) is 10.8 Å². The van der Waals surface area contributed by atoms with Crippen LogP contribution in [0.5, 0.6) is 0 Å². The molecule has 0 N–H and O–H groups in total. The summed E-state index contributed by atoms with van der Waals surface area (Å²) < 4.78 is 5.41. The molecule has 1 aliphatic heterocycles. The zero-order valence-electron chi connectivity index (χ0n) is 19.2. The topological polar surface area (TPSA) is 66.9 Å². The van der Waals surface area contributed by atoms with E-state index in [1.165, 1.54) is 11.8 Å². The Morgan fingerprint density at radius 2 is 1.65 bits per heavy atom. The number of thioether (sulfide) groups is 1. The van der Waals surface area contributed by atoms with Gasteiger partial charge in [0.05, 0.1) is 17.0 Å². The molecule has 0 atom stereocenters. The number of hydrogen-bond donors (Lipinski definition) is 0. The molecule has 34 heavy (non-hydrogen) atoms. The summed E-state index contributed by atoms with van der Waals surface area (Å²) in [5.74, 6) is -0.511. The van der Waals surface area contributed by atoms with Crippen LogP contribution in [0.1, 0.15) is 30.1 Å². The van der Waals surface area contributed by atoms with E-state index in [0.717, 1.165) is 42.4 Å². The summed E-state index contributed by atoms with van der Waals surface area (Å²) in [6.45, 7) is 3.59. The Hall–Kier alpha value is -3.32. The van der Waals surface area contributed by atoms with Crippen LogP contribution in [-0.2, 0) is 14.3 Å². The first-order valence-electron chi connectivity index (χ1n) is 11.5. The molecule has 7 heteroatoms. The number of ether oxygens (including phenoxy) is 1. The van der Waals surface area contributed by atoms with Crippen LogP contribution in [0.2, 0.25) is 0 Å². The Kier molecular flexibility index (Phi) is 7.85. The van der Waals surface area contributed by atoms with Crippen molar-refractivity contribution in [1.82, 2.24) is 4.90 Å². The van der Waals surface area contributed by atoms with Gasteiger partial charge in [0.2, 0.25) is 5.91 Å². The molecule has 1 saturated heterocycles. The van der Waals surface area contributed by atoms with Gasteiger partial charge in [-0.05, 0) is 43.4 Å². The highest BCUT2D eigenvalue weighted by atomic mass is 32.2. The highest BCUT2D eigenvalue weighted by Gasteiger charge is 2.22. The van der Waals surface area contributed by atoms with Gasteiger partial charge in [0.1, 0.15) is 0 Å². The lowest BCUT2D eigenvalue weighted by molar-refractivity contribution is -0.127. The van der Waals surface area contributed by atoms with Crippen LogP contribution >= 0.6 is 11.8 Å². The van der Waals surface area contributed by atoms with Gasteiger partial charge in [0.25, 0.3) is 5.91 Å². The number of rotatable bonds is 8. The first-order valence-corrected chi connectivity index (χ1v) is 12.5. The fourth-order valence-corrected chi connectivity index (χ4v) is 5.11. The minimum atomic E-state index is -0.570. The average molecular weight is 477 g/mol. The molecule has 0 aliphatic carbocycles. The molecule has 0 spiro atoms. The quantitative estimate of drug-likeness (QED) is 0.346. The number of anilines is 1. The van der Waals surface area contributed by atoms with Crippen LogP contribution in [0.3, 0.4) is 0 Å². The predicted molar refractivity (Wildman–Crippen MR) is 135 cm³/mol. The van der Waals surface area contributed by atoms with E-state index in [2.05, 4.69) is 0 Å². The second-order valence-electron chi connectivity index (χ2n) is 8.09. The van der Waals surface area contributed by atoms with Crippen molar-refractivity contribution in [3.8, 4) is 0 Å². The van der Waals surface area contributed by atoms with Gasteiger partial charge in [-0.1, -0.05) is 48.5 Å². The van der Waals surface area contributed by atoms with Gasteiger partial charge >= 0.3 is 5.97 Å². The van der Waals surface area contributed by atoms with Gasteiger partial charge in [-0.25, -0.2) is 4.79 Å². The van der Waals surface area contributed by atoms with E-state index in [-0.39, 0.29) is 24.2 Å². The van der Waals surface area contributed by atoms with Crippen molar-refractivity contribution in [2.75, 3.05) is 36.9 Å². The third-order valence-corrected chi connectivity index (χ3v) is 6.98. The molecule has 3 aromatic carbocycles. The zero-order chi connectivity index (χ0) is 23.9. The normalized spacial score (nSPS) is 13.1. The second kappa shape index (κ2) is 11.2. The Labute approximate surface area is 203 Å². The highest BCUT2D eigenvalue weighted by Crippen LogP contribution is 2.27. The van der Waals surface area contributed by atoms with E-state index in [9.17, 15) is 14.4 Å². The largest absolute Gasteiger partial charge is 0.452 e. The number of benzene rings is 3. The number of hydrogen-bond acceptors (Lipinski definition) is 5. The molecule has 1 fully saturated rings. The zero-order valence-corrected chi connectivity index (χ0v) is 20.1. The minimum Gasteiger partial charge on any atom is -0.452 e. The first kappa shape index (κ1) is 23.8. The number of nitrogens with zero attached hydrogens (tertiary/aromatic N) is 2. The second-order valence-corrected chi connectivity index (χ2v) is 9.10. The van der Waals surface area contributed by atoms with Crippen molar-refractivity contribution in [2.45, 2.75) is 24.7 Å². The predicted octanol–water partition coefficient (Wildman–Crippen LogP) is 4.76. The number of esters is 1. The standard InChI is InChI=1S/C27H28N2O4S/c1-2-29(23-14-9-11-20-10-3-4-12-21(20)23)25(30)18-33-27(32)22-13-5-6-15-24(22)34-19-26(31)28-16-7-8-17-28/h3-6,9-15H,2,7-8,16-19H2,1H3. The number of likely N-dealkylation sites (tertiary alicyclic amines) is 1. The molecular formula is C27H28N2O4S. The lowest BCUT2D eigenvalue weighted by Gasteiger charge is -2.22. The minimum absolute atomic E-state index is 0.0783. The molecule has 1 heterocycles. The van der Waals surface area contributed by atoms with Crippen molar-refractivity contribution in [3.05, 3.63) is 72.3 Å². The van der Waals surface area contributed by atoms with E-state index >= 15 is 0 Å². The Morgan fingerprint density at radius 1 is 0.941 bits per heavy atom. The molecule has 6 nitrogen and oxygen atoms in total. The molecule has 0 bridgehead atoms. The van der Waals surface area contributed by atoms with Gasteiger partial charge < -0.3 is 14.5 Å². The average Bonchev–Trinajstić information content (AvgIpc) is 3.42. The summed E-state index contributed by atoms with van der Waals surface area (Å²) in [6.07, 6.45) is 2.09. The summed E-state index contributed by atoms with van der Waals surface area (Å²) >= 11 is 1.33. The lowest BCUT2D eigenvalue weighted by Crippen LogP contribution is -2.34. The molecular weight excluding hydrogens is 448 g/mol. The molecule has 176 valence electrons. The number of carbonyl (C=O) groups excluding carboxylic acids is 3. The fraction of sp³-hybridized carbons (Fsp3) is 0.296. The van der Waals surface area contributed by atoms with Crippen LogP contribution in [0.15, 0.2) is 71.6 Å². The van der Waals surface area contributed by atoms with Gasteiger partial charge in [-0.15, -0.1) is 11.8 Å². The number of fused-ring (bicyclic) bond motifs is 1. The Morgan fingerprint density at radius 3 is 2.44 bits per heavy atom. The highest BCUT2D eigenvalue weighted by molar-refractivity contribution is 8.00. The summed E-state index contributed by atoms with van der Waals surface area (Å²) in [4.78, 5) is 42.4. The maximum absolute atomic E-state index is 13.0. The summed E-state index contributed by atoms with van der Waals surface area (Å²) in [5.41, 5.74) is 1.15.